The lowest BCUT2D eigenvalue weighted by molar-refractivity contribution is 0.563. The smallest absolute Gasteiger partial charge is 0.300 e. The molecule has 0 radical (unpaired) electrons. The first-order valence-electron chi connectivity index (χ1n) is 5.49. The molecule has 0 heterocycles. The van der Waals surface area contributed by atoms with Gasteiger partial charge in [-0.3, -0.25) is 14.7 Å². The average Bonchev–Trinajstić information content (AvgIpc) is 2.21. The van der Waals surface area contributed by atoms with Gasteiger partial charge in [-0.05, 0) is 26.0 Å². The van der Waals surface area contributed by atoms with Crippen LogP contribution in [0.3, 0.4) is 0 Å². The summed E-state index contributed by atoms with van der Waals surface area (Å²) in [6, 6.07) is 7.86. The van der Waals surface area contributed by atoms with Crippen LogP contribution in [0.5, 0.6) is 0 Å². The molecule has 0 bridgehead atoms. The normalized spacial score (nSPS) is 14.5. The quantitative estimate of drug-likeness (QED) is 0.778. The average molecular weight is 241 g/mol. The molecule has 1 aromatic rings. The van der Waals surface area contributed by atoms with E-state index >= 15 is 0 Å². The van der Waals surface area contributed by atoms with E-state index in [1.165, 1.54) is 5.56 Å². The lowest BCUT2D eigenvalue weighted by Gasteiger charge is -2.29. The van der Waals surface area contributed by atoms with Crippen molar-refractivity contribution in [2.45, 2.75) is 20.8 Å². The van der Waals surface area contributed by atoms with Crippen molar-refractivity contribution >= 4 is 13.3 Å². The Hall–Kier alpha value is -0.830. The van der Waals surface area contributed by atoms with Gasteiger partial charge in [0.05, 0.1) is 0 Å². The van der Waals surface area contributed by atoms with Crippen molar-refractivity contribution in [2.75, 3.05) is 17.8 Å². The summed E-state index contributed by atoms with van der Waals surface area (Å²) in [5.74, 6) is 0. The minimum absolute atomic E-state index is 0.593. The van der Waals surface area contributed by atoms with Crippen LogP contribution in [0.2, 0.25) is 0 Å². The maximum atomic E-state index is 12.2. The number of hydrogen-bond donors (Lipinski definition) is 2. The fourth-order valence-corrected chi connectivity index (χ4v) is 3.11. The van der Waals surface area contributed by atoms with E-state index in [1.807, 2.05) is 45.0 Å². The Morgan fingerprint density at radius 2 is 1.88 bits per heavy atom. The molecule has 3 N–H and O–H groups in total. The van der Waals surface area contributed by atoms with Crippen molar-refractivity contribution in [1.29, 1.82) is 0 Å². The van der Waals surface area contributed by atoms with Crippen LogP contribution in [-0.4, -0.2) is 13.1 Å². The van der Waals surface area contributed by atoms with Crippen molar-refractivity contribution in [2.24, 2.45) is 5.50 Å². The molecular formula is C11H20N3OP. The fraction of sp³-hybridized carbons (Fsp3) is 0.455. The zero-order valence-electron chi connectivity index (χ0n) is 10.1. The predicted molar refractivity (Wildman–Crippen MR) is 69.7 cm³/mol. The van der Waals surface area contributed by atoms with Crippen LogP contribution in [0.25, 0.3) is 0 Å². The molecule has 0 aliphatic rings. The van der Waals surface area contributed by atoms with Gasteiger partial charge in [0.2, 0.25) is 0 Å². The summed E-state index contributed by atoms with van der Waals surface area (Å²) < 4.78 is 13.9. The van der Waals surface area contributed by atoms with E-state index in [4.69, 9.17) is 5.50 Å². The van der Waals surface area contributed by atoms with Gasteiger partial charge in [0.25, 0.3) is 0 Å². The number of anilines is 1. The number of aryl methyl sites for hydroxylation is 1. The Morgan fingerprint density at radius 3 is 2.31 bits per heavy atom. The third kappa shape index (κ3) is 3.08. The van der Waals surface area contributed by atoms with E-state index in [0.29, 0.717) is 13.1 Å². The van der Waals surface area contributed by atoms with E-state index in [1.54, 1.807) is 4.67 Å². The Balaban J connectivity index is 2.98. The van der Waals surface area contributed by atoms with E-state index in [0.717, 1.165) is 5.69 Å². The third-order valence-electron chi connectivity index (χ3n) is 2.37. The molecule has 1 rings (SSSR count). The van der Waals surface area contributed by atoms with Crippen LogP contribution in [0.4, 0.5) is 5.69 Å². The Morgan fingerprint density at radius 1 is 1.31 bits per heavy atom. The second-order valence-electron chi connectivity index (χ2n) is 3.69. The number of nitrogens with one attached hydrogen (secondary N) is 1. The summed E-state index contributed by atoms with van der Waals surface area (Å²) in [5, 5.41) is 2.85. The first-order chi connectivity index (χ1) is 7.51. The van der Waals surface area contributed by atoms with Crippen LogP contribution in [0, 0.1) is 6.92 Å². The highest BCUT2D eigenvalue weighted by atomic mass is 31.2. The largest absolute Gasteiger partial charge is 0.303 e. The lowest BCUT2D eigenvalue weighted by Crippen LogP contribution is -2.32. The number of benzene rings is 1. The minimum atomic E-state index is -2.96. The second kappa shape index (κ2) is 5.48. The molecule has 0 saturated heterocycles. The van der Waals surface area contributed by atoms with Gasteiger partial charge in [0, 0.05) is 18.8 Å². The van der Waals surface area contributed by atoms with Gasteiger partial charge in [0.15, 0.2) is 0 Å². The SMILES string of the molecule is CCNP(N)(=O)N(CC)c1ccc(C)cc1. The van der Waals surface area contributed by atoms with Gasteiger partial charge in [0.1, 0.15) is 0 Å². The molecule has 0 aliphatic carbocycles. The van der Waals surface area contributed by atoms with E-state index < -0.39 is 7.59 Å². The van der Waals surface area contributed by atoms with Crippen LogP contribution in [0.1, 0.15) is 19.4 Å². The van der Waals surface area contributed by atoms with Crippen molar-refractivity contribution in [3.05, 3.63) is 29.8 Å². The molecule has 0 aliphatic heterocycles. The molecule has 16 heavy (non-hydrogen) atoms. The standard InChI is InChI=1S/C11H20N3OP/c1-4-13-16(12,15)14(5-2)11-8-6-10(3)7-9-11/h6-9H,4-5H2,1-3H3,(H3,12,13,15). The summed E-state index contributed by atoms with van der Waals surface area (Å²) >= 11 is 0. The van der Waals surface area contributed by atoms with E-state index in [9.17, 15) is 4.57 Å². The monoisotopic (exact) mass is 241 g/mol. The summed E-state index contributed by atoms with van der Waals surface area (Å²) in [5.41, 5.74) is 7.89. The van der Waals surface area contributed by atoms with Crippen LogP contribution in [0.15, 0.2) is 24.3 Å². The Kier molecular flexibility index (Phi) is 4.54. The molecule has 1 unspecified atom stereocenters. The molecule has 0 spiro atoms. The van der Waals surface area contributed by atoms with Crippen molar-refractivity contribution in [3.63, 3.8) is 0 Å². The van der Waals surface area contributed by atoms with Gasteiger partial charge in [-0.1, -0.05) is 24.6 Å². The third-order valence-corrected chi connectivity index (χ3v) is 4.38. The fourth-order valence-electron chi connectivity index (χ4n) is 1.59. The zero-order chi connectivity index (χ0) is 12.2. The Labute approximate surface area is 97.4 Å². The van der Waals surface area contributed by atoms with Crippen LogP contribution in [-0.2, 0) is 4.57 Å². The molecule has 1 atom stereocenters. The first kappa shape index (κ1) is 13.2. The van der Waals surface area contributed by atoms with Gasteiger partial charge >= 0.3 is 7.59 Å². The molecule has 4 nitrogen and oxygen atoms in total. The highest BCUT2D eigenvalue weighted by molar-refractivity contribution is 7.61. The molecule has 0 saturated carbocycles. The summed E-state index contributed by atoms with van der Waals surface area (Å²) in [4.78, 5) is 0. The predicted octanol–water partition coefficient (Wildman–Crippen LogP) is 2.50. The van der Waals surface area contributed by atoms with Gasteiger partial charge in [-0.15, -0.1) is 0 Å². The maximum absolute atomic E-state index is 12.2. The molecule has 90 valence electrons. The molecule has 0 amide bonds. The van der Waals surface area contributed by atoms with Crippen molar-refractivity contribution in [1.82, 2.24) is 5.09 Å². The molecule has 0 fully saturated rings. The van der Waals surface area contributed by atoms with Gasteiger partial charge in [-0.2, -0.15) is 0 Å². The number of nitrogens with two attached hydrogens (primary N) is 1. The summed E-state index contributed by atoms with van der Waals surface area (Å²) in [6.45, 7) is 7.06. The van der Waals surface area contributed by atoms with E-state index in [-0.39, 0.29) is 0 Å². The van der Waals surface area contributed by atoms with Crippen LogP contribution < -0.4 is 15.3 Å². The minimum Gasteiger partial charge on any atom is -0.300 e. The van der Waals surface area contributed by atoms with Gasteiger partial charge < -0.3 is 0 Å². The summed E-state index contributed by atoms with van der Waals surface area (Å²) in [6.07, 6.45) is 0. The highest BCUT2D eigenvalue weighted by Gasteiger charge is 2.23. The number of hydrogen-bond acceptors (Lipinski definition) is 1. The molecule has 0 aromatic heterocycles. The number of nitrogens with zero attached hydrogens (tertiary/aromatic N) is 1. The maximum Gasteiger partial charge on any atom is 0.303 e. The van der Waals surface area contributed by atoms with Gasteiger partial charge in [-0.25, -0.2) is 5.09 Å². The second-order valence-corrected chi connectivity index (χ2v) is 5.73. The zero-order valence-corrected chi connectivity index (χ0v) is 11.0. The van der Waals surface area contributed by atoms with Crippen molar-refractivity contribution in [3.8, 4) is 0 Å². The molecule has 5 heteroatoms. The lowest BCUT2D eigenvalue weighted by atomic mass is 10.2. The summed E-state index contributed by atoms with van der Waals surface area (Å²) in [7, 11) is -2.96. The molecular weight excluding hydrogens is 221 g/mol. The Bertz CT molecular complexity index is 377. The highest BCUT2D eigenvalue weighted by Crippen LogP contribution is 2.40. The number of rotatable bonds is 5. The van der Waals surface area contributed by atoms with Crippen molar-refractivity contribution < 1.29 is 4.57 Å². The van der Waals surface area contributed by atoms with E-state index in [2.05, 4.69) is 5.09 Å². The first-order valence-corrected chi connectivity index (χ1v) is 7.22. The molecule has 1 aromatic carbocycles. The topological polar surface area (TPSA) is 58.4 Å². The van der Waals surface area contributed by atoms with Crippen LogP contribution >= 0.6 is 7.59 Å².